The molecule has 0 aliphatic rings. The van der Waals surface area contributed by atoms with E-state index in [0.717, 1.165) is 11.3 Å². The number of rotatable bonds is 4. The Hall–Kier alpha value is -1.46. The molecule has 0 bridgehead atoms. The first kappa shape index (κ1) is 12.0. The van der Waals surface area contributed by atoms with Crippen LogP contribution in [0.4, 0.5) is 4.39 Å². The third-order valence-corrected chi connectivity index (χ3v) is 2.58. The van der Waals surface area contributed by atoms with Gasteiger partial charge in [0.05, 0.1) is 23.5 Å². The van der Waals surface area contributed by atoms with Crippen molar-refractivity contribution < 1.29 is 4.39 Å². The first-order chi connectivity index (χ1) is 8.19. The number of nitrogens with one attached hydrogen (secondary N) is 1. The summed E-state index contributed by atoms with van der Waals surface area (Å²) in [6, 6.07) is 4.71. The Morgan fingerprint density at radius 2 is 2.29 bits per heavy atom. The highest BCUT2D eigenvalue weighted by molar-refractivity contribution is 6.30. The second-order valence-electron chi connectivity index (χ2n) is 3.69. The normalized spacial score (nSPS) is 10.8. The summed E-state index contributed by atoms with van der Waals surface area (Å²) in [6.07, 6.45) is 1.82. The lowest BCUT2D eigenvalue weighted by Gasteiger charge is -2.01. The largest absolute Gasteiger partial charge is 0.314 e. The maximum atomic E-state index is 13.2. The van der Waals surface area contributed by atoms with Crippen molar-refractivity contribution in [2.24, 2.45) is 0 Å². The molecule has 0 radical (unpaired) electrons. The van der Waals surface area contributed by atoms with E-state index in [2.05, 4.69) is 15.6 Å². The SMILES string of the molecule is CNCc1cn(Cc2ccc(Cl)c(F)c2)nn1. The van der Waals surface area contributed by atoms with E-state index < -0.39 is 5.82 Å². The molecule has 0 saturated carbocycles. The lowest BCUT2D eigenvalue weighted by Crippen LogP contribution is -2.05. The molecule has 4 nitrogen and oxygen atoms in total. The molecule has 2 aromatic rings. The van der Waals surface area contributed by atoms with E-state index in [9.17, 15) is 4.39 Å². The van der Waals surface area contributed by atoms with Gasteiger partial charge in [-0.25, -0.2) is 9.07 Å². The van der Waals surface area contributed by atoms with Crippen LogP contribution in [0.2, 0.25) is 5.02 Å². The average Bonchev–Trinajstić information content (AvgIpc) is 2.72. The van der Waals surface area contributed by atoms with E-state index >= 15 is 0 Å². The lowest BCUT2D eigenvalue weighted by atomic mass is 10.2. The quantitative estimate of drug-likeness (QED) is 0.905. The number of nitrogens with zero attached hydrogens (tertiary/aromatic N) is 3. The van der Waals surface area contributed by atoms with Crippen LogP contribution >= 0.6 is 11.6 Å². The van der Waals surface area contributed by atoms with Crippen LogP contribution in [0.25, 0.3) is 0 Å². The van der Waals surface area contributed by atoms with Crippen molar-refractivity contribution in [3.05, 3.63) is 46.5 Å². The maximum absolute atomic E-state index is 13.2. The van der Waals surface area contributed by atoms with E-state index in [4.69, 9.17) is 11.6 Å². The fourth-order valence-electron chi connectivity index (χ4n) is 1.50. The van der Waals surface area contributed by atoms with Gasteiger partial charge in [0.2, 0.25) is 0 Å². The minimum absolute atomic E-state index is 0.128. The van der Waals surface area contributed by atoms with Gasteiger partial charge in [-0.15, -0.1) is 5.10 Å². The van der Waals surface area contributed by atoms with Crippen molar-refractivity contribution in [3.63, 3.8) is 0 Å². The maximum Gasteiger partial charge on any atom is 0.142 e. The molecule has 0 saturated heterocycles. The molecule has 1 aromatic carbocycles. The molecule has 1 N–H and O–H groups in total. The molecular formula is C11H12ClFN4. The summed E-state index contributed by atoms with van der Waals surface area (Å²) >= 11 is 5.61. The van der Waals surface area contributed by atoms with Gasteiger partial charge in [-0.3, -0.25) is 0 Å². The zero-order valence-electron chi connectivity index (χ0n) is 9.32. The Balaban J connectivity index is 2.11. The summed E-state index contributed by atoms with van der Waals surface area (Å²) in [5.74, 6) is -0.417. The number of hydrogen-bond acceptors (Lipinski definition) is 3. The van der Waals surface area contributed by atoms with E-state index in [1.807, 2.05) is 13.2 Å². The predicted molar refractivity (Wildman–Crippen MR) is 63.3 cm³/mol. The average molecular weight is 255 g/mol. The third-order valence-electron chi connectivity index (χ3n) is 2.27. The highest BCUT2D eigenvalue weighted by atomic mass is 35.5. The van der Waals surface area contributed by atoms with Gasteiger partial charge in [0.15, 0.2) is 0 Å². The molecule has 0 fully saturated rings. The number of benzene rings is 1. The fourth-order valence-corrected chi connectivity index (χ4v) is 1.62. The van der Waals surface area contributed by atoms with Crippen LogP contribution in [0.5, 0.6) is 0 Å². The standard InChI is InChI=1S/C11H12ClFN4/c1-14-5-9-7-17(16-15-9)6-8-2-3-10(12)11(13)4-8/h2-4,7,14H,5-6H2,1H3. The minimum atomic E-state index is -0.417. The van der Waals surface area contributed by atoms with Gasteiger partial charge in [-0.2, -0.15) is 0 Å². The Bertz CT molecular complexity index is 512. The van der Waals surface area contributed by atoms with Gasteiger partial charge >= 0.3 is 0 Å². The van der Waals surface area contributed by atoms with E-state index in [-0.39, 0.29) is 5.02 Å². The fraction of sp³-hybridized carbons (Fsp3) is 0.273. The van der Waals surface area contributed by atoms with Crippen molar-refractivity contribution in [3.8, 4) is 0 Å². The van der Waals surface area contributed by atoms with Gasteiger partial charge in [0.1, 0.15) is 5.82 Å². The van der Waals surface area contributed by atoms with Gasteiger partial charge < -0.3 is 5.32 Å². The Kier molecular flexibility index (Phi) is 3.71. The predicted octanol–water partition coefficient (Wildman–Crippen LogP) is 1.84. The molecule has 17 heavy (non-hydrogen) atoms. The van der Waals surface area contributed by atoms with Crippen molar-refractivity contribution in [2.45, 2.75) is 13.1 Å². The van der Waals surface area contributed by atoms with Crippen LogP contribution in [0.1, 0.15) is 11.3 Å². The molecule has 0 aliphatic carbocycles. The third kappa shape index (κ3) is 3.01. The highest BCUT2D eigenvalue weighted by Crippen LogP contribution is 2.16. The van der Waals surface area contributed by atoms with Crippen LogP contribution < -0.4 is 5.32 Å². The van der Waals surface area contributed by atoms with Crippen LogP contribution in [0.3, 0.4) is 0 Å². The molecule has 0 aliphatic heterocycles. The summed E-state index contributed by atoms with van der Waals surface area (Å²) in [5.41, 5.74) is 1.65. The Morgan fingerprint density at radius 3 is 3.00 bits per heavy atom. The zero-order chi connectivity index (χ0) is 12.3. The van der Waals surface area contributed by atoms with E-state index in [1.54, 1.807) is 10.7 Å². The van der Waals surface area contributed by atoms with Crippen molar-refractivity contribution >= 4 is 11.6 Å². The van der Waals surface area contributed by atoms with Crippen molar-refractivity contribution in [1.82, 2.24) is 20.3 Å². The lowest BCUT2D eigenvalue weighted by molar-refractivity contribution is 0.614. The molecule has 0 unspecified atom stereocenters. The molecule has 2 rings (SSSR count). The van der Waals surface area contributed by atoms with E-state index in [0.29, 0.717) is 13.1 Å². The Morgan fingerprint density at radius 1 is 1.47 bits per heavy atom. The first-order valence-corrected chi connectivity index (χ1v) is 5.54. The second kappa shape index (κ2) is 5.25. The summed E-state index contributed by atoms with van der Waals surface area (Å²) in [7, 11) is 1.84. The topological polar surface area (TPSA) is 42.7 Å². The smallest absolute Gasteiger partial charge is 0.142 e. The monoisotopic (exact) mass is 254 g/mol. The summed E-state index contributed by atoms with van der Waals surface area (Å²) in [5, 5.41) is 11.0. The molecule has 0 atom stereocenters. The number of hydrogen-bond donors (Lipinski definition) is 1. The van der Waals surface area contributed by atoms with Crippen LogP contribution in [-0.2, 0) is 13.1 Å². The molecule has 0 amide bonds. The second-order valence-corrected chi connectivity index (χ2v) is 4.09. The Labute approximate surface area is 103 Å². The van der Waals surface area contributed by atoms with Crippen LogP contribution in [-0.4, -0.2) is 22.0 Å². The first-order valence-electron chi connectivity index (χ1n) is 5.16. The van der Waals surface area contributed by atoms with Gasteiger partial charge in [0, 0.05) is 6.54 Å². The summed E-state index contributed by atoms with van der Waals surface area (Å²) in [4.78, 5) is 0. The zero-order valence-corrected chi connectivity index (χ0v) is 10.1. The molecule has 1 aromatic heterocycles. The molecule has 1 heterocycles. The van der Waals surface area contributed by atoms with Crippen molar-refractivity contribution in [2.75, 3.05) is 7.05 Å². The highest BCUT2D eigenvalue weighted by Gasteiger charge is 2.04. The molecule has 6 heteroatoms. The van der Waals surface area contributed by atoms with Gasteiger partial charge in [-0.05, 0) is 24.7 Å². The van der Waals surface area contributed by atoms with Gasteiger partial charge in [-0.1, -0.05) is 22.9 Å². The number of aromatic nitrogens is 3. The minimum Gasteiger partial charge on any atom is -0.314 e. The molecule has 90 valence electrons. The molecule has 0 spiro atoms. The van der Waals surface area contributed by atoms with Crippen LogP contribution in [0.15, 0.2) is 24.4 Å². The van der Waals surface area contributed by atoms with Gasteiger partial charge in [0.25, 0.3) is 0 Å². The summed E-state index contributed by atoms with van der Waals surface area (Å²) < 4.78 is 14.9. The van der Waals surface area contributed by atoms with Crippen LogP contribution in [0, 0.1) is 5.82 Å². The van der Waals surface area contributed by atoms with E-state index in [1.165, 1.54) is 12.1 Å². The van der Waals surface area contributed by atoms with Crippen molar-refractivity contribution in [1.29, 1.82) is 0 Å². The summed E-state index contributed by atoms with van der Waals surface area (Å²) in [6.45, 7) is 1.14. The number of halogens is 2. The molecular weight excluding hydrogens is 243 g/mol.